The van der Waals surface area contributed by atoms with Crippen LogP contribution in [0.4, 0.5) is 0 Å². The molecule has 5 heteroatoms. The van der Waals surface area contributed by atoms with E-state index in [2.05, 4.69) is 4.98 Å². The van der Waals surface area contributed by atoms with Crippen molar-refractivity contribution in [3.8, 4) is 11.5 Å². The Morgan fingerprint density at radius 1 is 0.880 bits per heavy atom. The molecular formula is C20H17NO4. The van der Waals surface area contributed by atoms with Gasteiger partial charge >= 0.3 is 5.97 Å². The summed E-state index contributed by atoms with van der Waals surface area (Å²) in [5, 5.41) is 9.33. The summed E-state index contributed by atoms with van der Waals surface area (Å²) in [6.07, 6.45) is 3.33. The van der Waals surface area contributed by atoms with Crippen LogP contribution in [0.25, 0.3) is 0 Å². The minimum absolute atomic E-state index is 0.0983. The quantitative estimate of drug-likeness (QED) is 0.708. The Bertz CT molecular complexity index is 835. The lowest BCUT2D eigenvalue weighted by Crippen LogP contribution is -2.04. The van der Waals surface area contributed by atoms with Crippen LogP contribution >= 0.6 is 0 Å². The van der Waals surface area contributed by atoms with Crippen molar-refractivity contribution in [2.75, 3.05) is 0 Å². The normalized spacial score (nSPS) is 10.2. The first-order valence-corrected chi connectivity index (χ1v) is 7.78. The number of aromatic carboxylic acids is 1. The van der Waals surface area contributed by atoms with Gasteiger partial charge in [0.25, 0.3) is 0 Å². The SMILES string of the molecule is O=C(O)c1ccc(OCc2ccccc2)cc1OCc1ccncc1. The van der Waals surface area contributed by atoms with E-state index in [4.69, 9.17) is 9.47 Å². The van der Waals surface area contributed by atoms with E-state index in [1.807, 2.05) is 42.5 Å². The molecule has 3 aromatic rings. The Balaban J connectivity index is 1.73. The smallest absolute Gasteiger partial charge is 0.339 e. The van der Waals surface area contributed by atoms with Crippen molar-refractivity contribution in [3.05, 3.63) is 89.7 Å². The molecule has 0 saturated carbocycles. The highest BCUT2D eigenvalue weighted by Crippen LogP contribution is 2.26. The van der Waals surface area contributed by atoms with Crippen LogP contribution in [0.15, 0.2) is 73.1 Å². The summed E-state index contributed by atoms with van der Waals surface area (Å²) >= 11 is 0. The molecule has 0 bridgehead atoms. The van der Waals surface area contributed by atoms with Crippen LogP contribution in [0.5, 0.6) is 11.5 Å². The first kappa shape index (κ1) is 16.5. The molecule has 0 atom stereocenters. The van der Waals surface area contributed by atoms with Crippen molar-refractivity contribution >= 4 is 5.97 Å². The molecule has 1 heterocycles. The molecule has 126 valence electrons. The molecule has 0 spiro atoms. The summed E-state index contributed by atoms with van der Waals surface area (Å²) in [6, 6.07) is 18.1. The summed E-state index contributed by atoms with van der Waals surface area (Å²) < 4.78 is 11.4. The van der Waals surface area contributed by atoms with Gasteiger partial charge in [-0.05, 0) is 35.4 Å². The fourth-order valence-electron chi connectivity index (χ4n) is 2.27. The summed E-state index contributed by atoms with van der Waals surface area (Å²) in [5.74, 6) is -0.215. The predicted molar refractivity (Wildman–Crippen MR) is 92.7 cm³/mol. The van der Waals surface area contributed by atoms with E-state index in [1.54, 1.807) is 24.5 Å². The minimum Gasteiger partial charge on any atom is -0.489 e. The molecule has 0 radical (unpaired) electrons. The number of benzene rings is 2. The van der Waals surface area contributed by atoms with Crippen molar-refractivity contribution in [1.29, 1.82) is 0 Å². The van der Waals surface area contributed by atoms with E-state index in [0.29, 0.717) is 12.4 Å². The molecule has 0 aliphatic heterocycles. The zero-order chi connectivity index (χ0) is 17.5. The third-order valence-electron chi connectivity index (χ3n) is 3.58. The van der Waals surface area contributed by atoms with E-state index >= 15 is 0 Å². The average Bonchev–Trinajstić information content (AvgIpc) is 2.66. The maximum atomic E-state index is 11.4. The van der Waals surface area contributed by atoms with Gasteiger partial charge in [-0.1, -0.05) is 30.3 Å². The van der Waals surface area contributed by atoms with Gasteiger partial charge < -0.3 is 14.6 Å². The number of nitrogens with zero attached hydrogens (tertiary/aromatic N) is 1. The number of aromatic nitrogens is 1. The molecule has 1 N–H and O–H groups in total. The number of carbonyl (C=O) groups is 1. The highest BCUT2D eigenvalue weighted by molar-refractivity contribution is 5.91. The summed E-state index contributed by atoms with van der Waals surface area (Å²) in [6.45, 7) is 0.655. The monoisotopic (exact) mass is 335 g/mol. The highest BCUT2D eigenvalue weighted by Gasteiger charge is 2.13. The maximum Gasteiger partial charge on any atom is 0.339 e. The van der Waals surface area contributed by atoms with Crippen molar-refractivity contribution in [3.63, 3.8) is 0 Å². The zero-order valence-corrected chi connectivity index (χ0v) is 13.5. The van der Waals surface area contributed by atoms with Crippen LogP contribution in [0.1, 0.15) is 21.5 Å². The van der Waals surface area contributed by atoms with E-state index in [1.165, 1.54) is 6.07 Å². The topological polar surface area (TPSA) is 68.7 Å². The first-order chi connectivity index (χ1) is 12.2. The van der Waals surface area contributed by atoms with Gasteiger partial charge in [0.05, 0.1) is 0 Å². The largest absolute Gasteiger partial charge is 0.489 e. The molecule has 1 aromatic heterocycles. The number of pyridine rings is 1. The van der Waals surface area contributed by atoms with Gasteiger partial charge in [-0.25, -0.2) is 4.79 Å². The Morgan fingerprint density at radius 3 is 2.28 bits per heavy atom. The van der Waals surface area contributed by atoms with Crippen LogP contribution in [0.3, 0.4) is 0 Å². The summed E-state index contributed by atoms with van der Waals surface area (Å²) in [4.78, 5) is 15.3. The van der Waals surface area contributed by atoms with E-state index < -0.39 is 5.97 Å². The third kappa shape index (κ3) is 4.57. The standard InChI is InChI=1S/C20H17NO4/c22-20(23)18-7-6-17(24-13-15-4-2-1-3-5-15)12-19(18)25-14-16-8-10-21-11-9-16/h1-12H,13-14H2,(H,22,23). The third-order valence-corrected chi connectivity index (χ3v) is 3.58. The Labute approximate surface area is 145 Å². The molecular weight excluding hydrogens is 318 g/mol. The van der Waals surface area contributed by atoms with Gasteiger partial charge in [0, 0.05) is 18.5 Å². The lowest BCUT2D eigenvalue weighted by Gasteiger charge is -2.12. The molecule has 0 unspecified atom stereocenters. The molecule has 0 amide bonds. The van der Waals surface area contributed by atoms with Crippen molar-refractivity contribution in [1.82, 2.24) is 4.98 Å². The van der Waals surface area contributed by atoms with Gasteiger partial charge in [0.1, 0.15) is 30.3 Å². The number of ether oxygens (including phenoxy) is 2. The van der Waals surface area contributed by atoms with Crippen LogP contribution in [-0.2, 0) is 13.2 Å². The molecule has 2 aromatic carbocycles. The summed E-state index contributed by atoms with van der Waals surface area (Å²) in [5.41, 5.74) is 2.03. The number of hydrogen-bond acceptors (Lipinski definition) is 4. The first-order valence-electron chi connectivity index (χ1n) is 7.78. The van der Waals surface area contributed by atoms with Gasteiger partial charge in [0.2, 0.25) is 0 Å². The van der Waals surface area contributed by atoms with Crippen LogP contribution in [0, 0.1) is 0 Å². The molecule has 0 fully saturated rings. The zero-order valence-electron chi connectivity index (χ0n) is 13.5. The van der Waals surface area contributed by atoms with Crippen LogP contribution in [0.2, 0.25) is 0 Å². The lowest BCUT2D eigenvalue weighted by molar-refractivity contribution is 0.0691. The van der Waals surface area contributed by atoms with Crippen LogP contribution < -0.4 is 9.47 Å². The highest BCUT2D eigenvalue weighted by atomic mass is 16.5. The summed E-state index contributed by atoms with van der Waals surface area (Å²) in [7, 11) is 0. The van der Waals surface area contributed by atoms with Crippen LogP contribution in [-0.4, -0.2) is 16.1 Å². The molecule has 25 heavy (non-hydrogen) atoms. The Morgan fingerprint density at radius 2 is 1.56 bits per heavy atom. The fourth-order valence-corrected chi connectivity index (χ4v) is 2.27. The van der Waals surface area contributed by atoms with E-state index in [0.717, 1.165) is 11.1 Å². The molecule has 3 rings (SSSR count). The number of carboxylic acid groups (broad SMARTS) is 1. The van der Waals surface area contributed by atoms with E-state index in [-0.39, 0.29) is 17.9 Å². The second kappa shape index (κ2) is 7.97. The van der Waals surface area contributed by atoms with Crippen molar-refractivity contribution in [2.45, 2.75) is 13.2 Å². The van der Waals surface area contributed by atoms with Gasteiger partial charge in [-0.2, -0.15) is 0 Å². The van der Waals surface area contributed by atoms with Gasteiger partial charge in [-0.15, -0.1) is 0 Å². The van der Waals surface area contributed by atoms with Crippen molar-refractivity contribution in [2.24, 2.45) is 0 Å². The van der Waals surface area contributed by atoms with E-state index in [9.17, 15) is 9.90 Å². The predicted octanol–water partition coefficient (Wildman–Crippen LogP) is 3.94. The average molecular weight is 335 g/mol. The molecule has 0 aliphatic carbocycles. The number of carboxylic acids is 1. The van der Waals surface area contributed by atoms with Gasteiger partial charge in [-0.3, -0.25) is 4.98 Å². The second-order valence-electron chi connectivity index (χ2n) is 5.38. The van der Waals surface area contributed by atoms with Gasteiger partial charge in [0.15, 0.2) is 0 Å². The second-order valence-corrected chi connectivity index (χ2v) is 5.38. The van der Waals surface area contributed by atoms with Crippen molar-refractivity contribution < 1.29 is 19.4 Å². The molecule has 0 saturated heterocycles. The molecule has 5 nitrogen and oxygen atoms in total. The number of rotatable bonds is 7. The molecule has 0 aliphatic rings. The lowest BCUT2D eigenvalue weighted by atomic mass is 10.2. The maximum absolute atomic E-state index is 11.4. The Kier molecular flexibility index (Phi) is 5.26. The Hall–Kier alpha value is -3.34. The fraction of sp³-hybridized carbons (Fsp3) is 0.100. The minimum atomic E-state index is -1.04. The number of hydrogen-bond donors (Lipinski definition) is 1.